The fourth-order valence-corrected chi connectivity index (χ4v) is 5.07. The molecule has 0 heterocycles. The van der Waals surface area contributed by atoms with Crippen LogP contribution in [0.15, 0.2) is 48.5 Å². The number of alkyl carbamates (subject to hydrolysis) is 1. The largest absolute Gasteiger partial charge is 0.480 e. The Bertz CT molecular complexity index is 1050. The van der Waals surface area contributed by atoms with Gasteiger partial charge in [-0.1, -0.05) is 62.4 Å². The van der Waals surface area contributed by atoms with Crippen LogP contribution in [0.3, 0.4) is 0 Å². The normalized spacial score (nSPS) is 16.2. The molecule has 0 aromatic heterocycles. The van der Waals surface area contributed by atoms with E-state index in [1.54, 1.807) is 6.92 Å². The van der Waals surface area contributed by atoms with Gasteiger partial charge in [-0.05, 0) is 54.4 Å². The summed E-state index contributed by atoms with van der Waals surface area (Å²) in [6.45, 7) is 5.88. The lowest BCUT2D eigenvalue weighted by atomic mass is 9.95. The topological polar surface area (TPSA) is 95.9 Å². The second-order valence-corrected chi connectivity index (χ2v) is 10.0. The standard InChI is InChI=1S/C28H34N2O5/c1-17(2)14-19(26(31)30(20-12-13-20)18(3)27(32)33)15-29-28(34)35-16-25-23-10-6-4-8-21(23)22-9-5-7-11-24(22)25/h4-11,17-20,25H,12-16H2,1-3H3,(H,29,34)(H,32,33). The van der Waals surface area contributed by atoms with Crippen LogP contribution in [0.5, 0.6) is 0 Å². The molecule has 2 aliphatic carbocycles. The van der Waals surface area contributed by atoms with E-state index in [2.05, 4.69) is 29.6 Å². The van der Waals surface area contributed by atoms with Gasteiger partial charge in [0.1, 0.15) is 12.6 Å². The number of nitrogens with one attached hydrogen (secondary N) is 1. The van der Waals surface area contributed by atoms with Crippen molar-refractivity contribution < 1.29 is 24.2 Å². The number of rotatable bonds is 10. The van der Waals surface area contributed by atoms with E-state index in [0.717, 1.165) is 35.1 Å². The first-order valence-corrected chi connectivity index (χ1v) is 12.4. The van der Waals surface area contributed by atoms with Crippen LogP contribution in [0.25, 0.3) is 11.1 Å². The number of amides is 2. The molecule has 1 fully saturated rings. The van der Waals surface area contributed by atoms with Crippen LogP contribution in [-0.4, -0.2) is 53.2 Å². The number of nitrogens with zero attached hydrogens (tertiary/aromatic N) is 1. The van der Waals surface area contributed by atoms with Gasteiger partial charge in [0.05, 0.1) is 5.92 Å². The second kappa shape index (κ2) is 10.5. The molecule has 1 saturated carbocycles. The fraction of sp³-hybridized carbons (Fsp3) is 0.464. The molecule has 0 radical (unpaired) electrons. The third kappa shape index (κ3) is 5.50. The molecule has 35 heavy (non-hydrogen) atoms. The van der Waals surface area contributed by atoms with Gasteiger partial charge in [-0.2, -0.15) is 0 Å². The maximum Gasteiger partial charge on any atom is 0.407 e. The number of fused-ring (bicyclic) bond motifs is 3. The maximum atomic E-state index is 13.3. The van der Waals surface area contributed by atoms with Crippen LogP contribution < -0.4 is 5.32 Å². The minimum Gasteiger partial charge on any atom is -0.480 e. The second-order valence-electron chi connectivity index (χ2n) is 10.0. The van der Waals surface area contributed by atoms with E-state index >= 15 is 0 Å². The first-order valence-electron chi connectivity index (χ1n) is 12.4. The van der Waals surface area contributed by atoms with Crippen molar-refractivity contribution in [1.29, 1.82) is 0 Å². The summed E-state index contributed by atoms with van der Waals surface area (Å²) >= 11 is 0. The van der Waals surface area contributed by atoms with E-state index in [9.17, 15) is 19.5 Å². The molecular weight excluding hydrogens is 444 g/mol. The monoisotopic (exact) mass is 478 g/mol. The molecule has 4 rings (SSSR count). The zero-order chi connectivity index (χ0) is 25.1. The van der Waals surface area contributed by atoms with Crippen LogP contribution in [0, 0.1) is 11.8 Å². The molecule has 2 aromatic carbocycles. The summed E-state index contributed by atoms with van der Waals surface area (Å²) in [6.07, 6.45) is 1.62. The Morgan fingerprint density at radius 1 is 1.00 bits per heavy atom. The number of ether oxygens (including phenoxy) is 1. The maximum absolute atomic E-state index is 13.3. The van der Waals surface area contributed by atoms with Crippen LogP contribution in [0.4, 0.5) is 4.79 Å². The molecule has 0 aliphatic heterocycles. The van der Waals surface area contributed by atoms with Crippen molar-refractivity contribution >= 4 is 18.0 Å². The van der Waals surface area contributed by atoms with Crippen molar-refractivity contribution in [2.45, 2.75) is 58.0 Å². The van der Waals surface area contributed by atoms with Gasteiger partial charge < -0.3 is 20.1 Å². The average molecular weight is 479 g/mol. The van der Waals surface area contributed by atoms with Gasteiger partial charge in [0.15, 0.2) is 0 Å². The molecule has 0 saturated heterocycles. The third-order valence-electron chi connectivity index (χ3n) is 6.91. The minimum atomic E-state index is -1.02. The number of hydrogen-bond donors (Lipinski definition) is 2. The van der Waals surface area contributed by atoms with Crippen molar-refractivity contribution in [3.63, 3.8) is 0 Å². The fourth-order valence-electron chi connectivity index (χ4n) is 5.07. The highest BCUT2D eigenvalue weighted by atomic mass is 16.5. The summed E-state index contributed by atoms with van der Waals surface area (Å²) in [4.78, 5) is 39.1. The predicted octanol–water partition coefficient (Wildman–Crippen LogP) is 4.65. The van der Waals surface area contributed by atoms with E-state index in [0.29, 0.717) is 6.42 Å². The first kappa shape index (κ1) is 24.8. The van der Waals surface area contributed by atoms with Crippen molar-refractivity contribution in [3.8, 4) is 11.1 Å². The Balaban J connectivity index is 1.39. The molecule has 7 heteroatoms. The highest BCUT2D eigenvalue weighted by molar-refractivity contribution is 5.86. The molecule has 0 spiro atoms. The van der Waals surface area contributed by atoms with Crippen LogP contribution in [0.1, 0.15) is 57.1 Å². The average Bonchev–Trinajstić information content (AvgIpc) is 3.62. The molecule has 2 aliphatic rings. The van der Waals surface area contributed by atoms with Crippen LogP contribution in [0.2, 0.25) is 0 Å². The van der Waals surface area contributed by atoms with Gasteiger partial charge in [-0.3, -0.25) is 4.79 Å². The molecule has 2 unspecified atom stereocenters. The van der Waals surface area contributed by atoms with Crippen LogP contribution >= 0.6 is 0 Å². The molecule has 7 nitrogen and oxygen atoms in total. The van der Waals surface area contributed by atoms with Crippen molar-refractivity contribution in [2.75, 3.05) is 13.2 Å². The van der Waals surface area contributed by atoms with Gasteiger partial charge >= 0.3 is 12.1 Å². The molecule has 2 N–H and O–H groups in total. The first-order chi connectivity index (χ1) is 16.8. The van der Waals surface area contributed by atoms with Crippen molar-refractivity contribution in [1.82, 2.24) is 10.2 Å². The molecular formula is C28H34N2O5. The molecule has 186 valence electrons. The van der Waals surface area contributed by atoms with Crippen molar-refractivity contribution in [3.05, 3.63) is 59.7 Å². The lowest BCUT2D eigenvalue weighted by Gasteiger charge is -2.31. The number of benzene rings is 2. The Labute approximate surface area is 206 Å². The van der Waals surface area contributed by atoms with Gasteiger partial charge in [-0.25, -0.2) is 9.59 Å². The zero-order valence-electron chi connectivity index (χ0n) is 20.6. The summed E-state index contributed by atoms with van der Waals surface area (Å²) in [7, 11) is 0. The SMILES string of the molecule is CC(C)CC(CNC(=O)OCC1c2ccccc2-c2ccccc21)C(=O)N(C1CC1)C(C)C(=O)O. The zero-order valence-corrected chi connectivity index (χ0v) is 20.6. The van der Waals surface area contributed by atoms with E-state index in [-0.39, 0.29) is 36.9 Å². The summed E-state index contributed by atoms with van der Waals surface area (Å²) in [5.41, 5.74) is 4.59. The smallest absolute Gasteiger partial charge is 0.407 e. The van der Waals surface area contributed by atoms with Crippen molar-refractivity contribution in [2.24, 2.45) is 11.8 Å². The number of carboxylic acids is 1. The highest BCUT2D eigenvalue weighted by Gasteiger charge is 2.41. The van der Waals surface area contributed by atoms with E-state index in [1.807, 2.05) is 38.1 Å². The lowest BCUT2D eigenvalue weighted by molar-refractivity contribution is -0.152. The van der Waals surface area contributed by atoms with E-state index in [4.69, 9.17) is 4.74 Å². The van der Waals surface area contributed by atoms with Gasteiger partial charge in [0.2, 0.25) is 5.91 Å². The predicted molar refractivity (Wildman–Crippen MR) is 133 cm³/mol. The quantitative estimate of drug-likeness (QED) is 0.518. The van der Waals surface area contributed by atoms with Crippen LogP contribution in [-0.2, 0) is 14.3 Å². The number of aliphatic carboxylic acids is 1. The summed E-state index contributed by atoms with van der Waals surface area (Å²) in [5, 5.41) is 12.3. The molecule has 0 bridgehead atoms. The lowest BCUT2D eigenvalue weighted by Crippen LogP contribution is -2.49. The van der Waals surface area contributed by atoms with Gasteiger partial charge in [0.25, 0.3) is 0 Å². The molecule has 2 atom stereocenters. The Hall–Kier alpha value is -3.35. The number of hydrogen-bond acceptors (Lipinski definition) is 4. The number of carbonyl (C=O) groups excluding carboxylic acids is 2. The van der Waals surface area contributed by atoms with Gasteiger partial charge in [0, 0.05) is 18.5 Å². The summed E-state index contributed by atoms with van der Waals surface area (Å²) in [5.74, 6) is -1.55. The summed E-state index contributed by atoms with van der Waals surface area (Å²) < 4.78 is 5.61. The van der Waals surface area contributed by atoms with Gasteiger partial charge in [-0.15, -0.1) is 0 Å². The highest BCUT2D eigenvalue weighted by Crippen LogP contribution is 2.44. The Kier molecular flexibility index (Phi) is 7.43. The third-order valence-corrected chi connectivity index (χ3v) is 6.91. The van der Waals surface area contributed by atoms with E-state index < -0.39 is 24.0 Å². The molecule has 2 amide bonds. The minimum absolute atomic E-state index is 0.0299. The number of carboxylic acid groups (broad SMARTS) is 1. The number of carbonyl (C=O) groups is 3. The molecule has 2 aromatic rings. The van der Waals surface area contributed by atoms with E-state index in [1.165, 1.54) is 4.90 Å². The summed E-state index contributed by atoms with van der Waals surface area (Å²) in [6, 6.07) is 15.4. The Morgan fingerprint density at radius 2 is 1.57 bits per heavy atom. The Morgan fingerprint density at radius 3 is 2.09 bits per heavy atom.